The van der Waals surface area contributed by atoms with Crippen molar-refractivity contribution in [3.63, 3.8) is 0 Å². The van der Waals surface area contributed by atoms with Crippen LogP contribution in [0, 0.1) is 0 Å². The van der Waals surface area contributed by atoms with Crippen molar-refractivity contribution in [1.82, 2.24) is 10.6 Å². The lowest BCUT2D eigenvalue weighted by Gasteiger charge is -2.08. The van der Waals surface area contributed by atoms with E-state index in [4.69, 9.17) is 4.42 Å². The third-order valence-electron chi connectivity index (χ3n) is 2.86. The van der Waals surface area contributed by atoms with Gasteiger partial charge in [0.25, 0.3) is 5.91 Å². The van der Waals surface area contributed by atoms with Gasteiger partial charge in [0.15, 0.2) is 0 Å². The molecular formula is C15H17N3O3. The van der Waals surface area contributed by atoms with Gasteiger partial charge in [0.1, 0.15) is 5.76 Å². The van der Waals surface area contributed by atoms with E-state index < -0.39 is 0 Å². The van der Waals surface area contributed by atoms with Gasteiger partial charge in [-0.2, -0.15) is 0 Å². The molecule has 2 aromatic rings. The Balaban J connectivity index is 1.93. The Morgan fingerprint density at radius 1 is 1.19 bits per heavy atom. The number of benzene rings is 1. The van der Waals surface area contributed by atoms with Crippen molar-refractivity contribution in [2.24, 2.45) is 0 Å². The van der Waals surface area contributed by atoms with E-state index in [-0.39, 0.29) is 18.4 Å². The molecule has 21 heavy (non-hydrogen) atoms. The number of hydrogen-bond acceptors (Lipinski definition) is 4. The first-order valence-electron chi connectivity index (χ1n) is 6.54. The van der Waals surface area contributed by atoms with Crippen LogP contribution in [0.4, 0.5) is 5.69 Å². The predicted molar refractivity (Wildman–Crippen MR) is 78.9 cm³/mol. The van der Waals surface area contributed by atoms with Crippen LogP contribution in [0.1, 0.15) is 16.1 Å². The van der Waals surface area contributed by atoms with Crippen LogP contribution in [0.15, 0.2) is 47.1 Å². The lowest BCUT2D eigenvalue weighted by molar-refractivity contribution is -0.118. The van der Waals surface area contributed by atoms with Gasteiger partial charge >= 0.3 is 0 Å². The second-order valence-corrected chi connectivity index (χ2v) is 4.37. The molecule has 2 amide bonds. The smallest absolute Gasteiger partial charge is 0.251 e. The molecule has 3 N–H and O–H groups in total. The van der Waals surface area contributed by atoms with Gasteiger partial charge in [0, 0.05) is 18.3 Å². The van der Waals surface area contributed by atoms with Gasteiger partial charge in [-0.05, 0) is 30.3 Å². The van der Waals surface area contributed by atoms with E-state index in [1.54, 1.807) is 49.7 Å². The largest absolute Gasteiger partial charge is 0.467 e. The predicted octanol–water partition coefficient (Wildman–Crippen LogP) is 1.37. The number of rotatable bonds is 6. The quantitative estimate of drug-likeness (QED) is 0.749. The normalized spacial score (nSPS) is 9.95. The third-order valence-corrected chi connectivity index (χ3v) is 2.86. The summed E-state index contributed by atoms with van der Waals surface area (Å²) in [7, 11) is 1.57. The van der Waals surface area contributed by atoms with Crippen molar-refractivity contribution in [1.29, 1.82) is 0 Å². The van der Waals surface area contributed by atoms with Gasteiger partial charge in [-0.25, -0.2) is 0 Å². The molecule has 0 saturated heterocycles. The lowest BCUT2D eigenvalue weighted by atomic mass is 10.2. The molecule has 1 aromatic carbocycles. The molecule has 0 fully saturated rings. The lowest BCUT2D eigenvalue weighted by Crippen LogP contribution is -2.26. The first-order valence-corrected chi connectivity index (χ1v) is 6.54. The highest BCUT2D eigenvalue weighted by Crippen LogP contribution is 2.10. The monoisotopic (exact) mass is 287 g/mol. The zero-order chi connectivity index (χ0) is 15.1. The molecular weight excluding hydrogens is 270 g/mol. The Labute approximate surface area is 122 Å². The Morgan fingerprint density at radius 2 is 2.05 bits per heavy atom. The van der Waals surface area contributed by atoms with E-state index in [1.165, 1.54) is 0 Å². The Morgan fingerprint density at radius 3 is 2.76 bits per heavy atom. The average molecular weight is 287 g/mol. The third kappa shape index (κ3) is 4.38. The van der Waals surface area contributed by atoms with Crippen LogP contribution in [0.2, 0.25) is 0 Å². The molecule has 0 radical (unpaired) electrons. The SMILES string of the molecule is CNC(=O)CNc1cccc(C(=O)NCc2ccco2)c1. The van der Waals surface area contributed by atoms with Gasteiger partial charge < -0.3 is 20.4 Å². The van der Waals surface area contributed by atoms with Gasteiger partial charge in [-0.1, -0.05) is 6.07 Å². The summed E-state index contributed by atoms with van der Waals surface area (Å²) in [5.74, 6) is 0.370. The van der Waals surface area contributed by atoms with Gasteiger partial charge in [-0.3, -0.25) is 9.59 Å². The molecule has 0 aliphatic carbocycles. The van der Waals surface area contributed by atoms with Crippen molar-refractivity contribution >= 4 is 17.5 Å². The topological polar surface area (TPSA) is 83.4 Å². The standard InChI is InChI=1S/C15H17N3O3/c1-16-14(19)10-17-12-5-2-4-11(8-12)15(20)18-9-13-6-3-7-21-13/h2-8,17H,9-10H2,1H3,(H,16,19)(H,18,20). The van der Waals surface area contributed by atoms with Gasteiger partial charge in [0.05, 0.1) is 19.4 Å². The van der Waals surface area contributed by atoms with Gasteiger partial charge in [0.2, 0.25) is 5.91 Å². The van der Waals surface area contributed by atoms with Crippen molar-refractivity contribution in [3.05, 3.63) is 54.0 Å². The van der Waals surface area contributed by atoms with Crippen LogP contribution < -0.4 is 16.0 Å². The van der Waals surface area contributed by atoms with E-state index in [9.17, 15) is 9.59 Å². The fourth-order valence-electron chi connectivity index (χ4n) is 1.72. The number of anilines is 1. The maximum Gasteiger partial charge on any atom is 0.251 e. The Bertz CT molecular complexity index is 608. The number of carbonyl (C=O) groups is 2. The Kier molecular flexibility index (Phi) is 4.98. The molecule has 1 heterocycles. The second kappa shape index (κ2) is 7.14. The summed E-state index contributed by atoms with van der Waals surface area (Å²) in [5, 5.41) is 8.23. The van der Waals surface area contributed by atoms with Crippen LogP contribution in [0.25, 0.3) is 0 Å². The van der Waals surface area contributed by atoms with Crippen molar-refractivity contribution < 1.29 is 14.0 Å². The van der Waals surface area contributed by atoms with Crippen molar-refractivity contribution in [3.8, 4) is 0 Å². The molecule has 0 unspecified atom stereocenters. The van der Waals surface area contributed by atoms with Crippen LogP contribution in [0.3, 0.4) is 0 Å². The molecule has 2 rings (SSSR count). The summed E-state index contributed by atoms with van der Waals surface area (Å²) in [6, 6.07) is 10.5. The van der Waals surface area contributed by atoms with E-state index in [0.717, 1.165) is 0 Å². The molecule has 1 aromatic heterocycles. The number of nitrogens with one attached hydrogen (secondary N) is 3. The molecule has 6 nitrogen and oxygen atoms in total. The average Bonchev–Trinajstić information content (AvgIpc) is 3.04. The number of hydrogen-bond donors (Lipinski definition) is 3. The summed E-state index contributed by atoms with van der Waals surface area (Å²) in [4.78, 5) is 23.2. The van der Waals surface area contributed by atoms with E-state index in [0.29, 0.717) is 23.6 Å². The van der Waals surface area contributed by atoms with E-state index in [2.05, 4.69) is 16.0 Å². The maximum absolute atomic E-state index is 12.0. The molecule has 0 aliphatic heterocycles. The minimum Gasteiger partial charge on any atom is -0.467 e. The minimum absolute atomic E-state index is 0.123. The zero-order valence-electron chi connectivity index (χ0n) is 11.7. The first-order chi connectivity index (χ1) is 10.2. The highest BCUT2D eigenvalue weighted by Gasteiger charge is 2.07. The number of likely N-dealkylation sites (N-methyl/N-ethyl adjacent to an activating group) is 1. The highest BCUT2D eigenvalue weighted by molar-refractivity contribution is 5.95. The summed E-state index contributed by atoms with van der Waals surface area (Å²) in [5.41, 5.74) is 1.23. The summed E-state index contributed by atoms with van der Waals surface area (Å²) in [6.45, 7) is 0.496. The van der Waals surface area contributed by atoms with Crippen LogP contribution in [-0.2, 0) is 11.3 Å². The van der Waals surface area contributed by atoms with Crippen LogP contribution in [0.5, 0.6) is 0 Å². The molecule has 0 saturated carbocycles. The first kappa shape index (κ1) is 14.6. The van der Waals surface area contributed by atoms with Crippen molar-refractivity contribution in [2.45, 2.75) is 6.54 Å². The fraction of sp³-hybridized carbons (Fsp3) is 0.200. The summed E-state index contributed by atoms with van der Waals surface area (Å²) < 4.78 is 5.15. The molecule has 0 aliphatic rings. The number of amides is 2. The summed E-state index contributed by atoms with van der Waals surface area (Å²) in [6.07, 6.45) is 1.56. The molecule has 110 valence electrons. The maximum atomic E-state index is 12.0. The van der Waals surface area contributed by atoms with Crippen LogP contribution >= 0.6 is 0 Å². The number of furan rings is 1. The van der Waals surface area contributed by atoms with Crippen molar-refractivity contribution in [2.75, 3.05) is 18.9 Å². The highest BCUT2D eigenvalue weighted by atomic mass is 16.3. The molecule has 0 atom stereocenters. The minimum atomic E-state index is -0.199. The second-order valence-electron chi connectivity index (χ2n) is 4.37. The fourth-order valence-corrected chi connectivity index (χ4v) is 1.72. The Hall–Kier alpha value is -2.76. The van der Waals surface area contributed by atoms with E-state index in [1.807, 2.05) is 0 Å². The number of carbonyl (C=O) groups excluding carboxylic acids is 2. The van der Waals surface area contributed by atoms with E-state index >= 15 is 0 Å². The van der Waals surface area contributed by atoms with Gasteiger partial charge in [-0.15, -0.1) is 0 Å². The van der Waals surface area contributed by atoms with Crippen LogP contribution in [-0.4, -0.2) is 25.4 Å². The zero-order valence-corrected chi connectivity index (χ0v) is 11.7. The molecule has 0 bridgehead atoms. The molecule has 0 spiro atoms. The molecule has 6 heteroatoms. The summed E-state index contributed by atoms with van der Waals surface area (Å²) >= 11 is 0.